The van der Waals surface area contributed by atoms with Crippen LogP contribution < -0.4 is 20.9 Å². The first-order chi connectivity index (χ1) is 12.8. The zero-order valence-corrected chi connectivity index (χ0v) is 18.5. The molecule has 0 spiro atoms. The van der Waals surface area contributed by atoms with E-state index >= 15 is 0 Å². The summed E-state index contributed by atoms with van der Waals surface area (Å²) < 4.78 is 6.91. The Morgan fingerprint density at radius 1 is 1.00 bits per heavy atom. The van der Waals surface area contributed by atoms with Crippen LogP contribution in [0.2, 0.25) is 0 Å². The molecule has 2 aromatic rings. The van der Waals surface area contributed by atoms with Gasteiger partial charge < -0.3 is 4.74 Å². The molecule has 0 unspecified atom stereocenters. The summed E-state index contributed by atoms with van der Waals surface area (Å²) in [6.45, 7) is 3.83. The standard InChI is InChI=1S/C18H17Br2N3O3S/c1-10(2)26-15-8-7-11(9-14(15)20)16(24)21-18(27)23-22-17(25)12-5-3-4-6-13(12)19/h3-10H,1-2H3,(H,22,25)(H2,21,23,24,27). The molecule has 0 radical (unpaired) electrons. The highest BCUT2D eigenvalue weighted by atomic mass is 79.9. The fourth-order valence-corrected chi connectivity index (χ4v) is 3.11. The summed E-state index contributed by atoms with van der Waals surface area (Å²) in [5.41, 5.74) is 5.76. The molecule has 0 aliphatic heterocycles. The van der Waals surface area contributed by atoms with Gasteiger partial charge in [0.25, 0.3) is 11.8 Å². The number of halogens is 2. The third kappa shape index (κ3) is 6.30. The summed E-state index contributed by atoms with van der Waals surface area (Å²) in [5.74, 6) is -0.167. The number of hydrazine groups is 1. The molecule has 2 amide bonds. The Morgan fingerprint density at radius 3 is 2.33 bits per heavy atom. The number of hydrogen-bond donors (Lipinski definition) is 3. The molecule has 0 heterocycles. The van der Waals surface area contributed by atoms with Gasteiger partial charge in [-0.1, -0.05) is 12.1 Å². The van der Waals surface area contributed by atoms with Crippen molar-refractivity contribution in [3.05, 3.63) is 62.5 Å². The molecule has 142 valence electrons. The number of nitrogens with one attached hydrogen (secondary N) is 3. The lowest BCUT2D eigenvalue weighted by molar-refractivity contribution is 0.0934. The minimum atomic E-state index is -0.417. The molecule has 9 heteroatoms. The van der Waals surface area contributed by atoms with Gasteiger partial charge in [-0.15, -0.1) is 0 Å². The maximum absolute atomic E-state index is 12.3. The molecular weight excluding hydrogens is 498 g/mol. The number of thiocarbonyl (C=S) groups is 1. The molecule has 0 aliphatic carbocycles. The van der Waals surface area contributed by atoms with Gasteiger partial charge in [-0.2, -0.15) is 0 Å². The summed E-state index contributed by atoms with van der Waals surface area (Å²) in [5, 5.41) is 2.47. The quantitative estimate of drug-likeness (QED) is 0.425. The summed E-state index contributed by atoms with van der Waals surface area (Å²) in [6, 6.07) is 11.9. The molecule has 0 saturated heterocycles. The van der Waals surface area contributed by atoms with Crippen molar-refractivity contribution in [1.29, 1.82) is 0 Å². The minimum Gasteiger partial charge on any atom is -0.490 e. The molecule has 0 fully saturated rings. The first-order valence-electron chi connectivity index (χ1n) is 7.90. The van der Waals surface area contributed by atoms with Gasteiger partial charge >= 0.3 is 0 Å². The van der Waals surface area contributed by atoms with Crippen molar-refractivity contribution in [3.8, 4) is 5.75 Å². The number of carbonyl (C=O) groups is 2. The second-order valence-electron chi connectivity index (χ2n) is 5.65. The van der Waals surface area contributed by atoms with Crippen LogP contribution in [-0.4, -0.2) is 23.0 Å². The highest BCUT2D eigenvalue weighted by Crippen LogP contribution is 2.26. The van der Waals surface area contributed by atoms with Crippen molar-refractivity contribution in [2.75, 3.05) is 0 Å². The average Bonchev–Trinajstić information content (AvgIpc) is 2.61. The van der Waals surface area contributed by atoms with Crippen LogP contribution in [0.3, 0.4) is 0 Å². The predicted molar refractivity (Wildman–Crippen MR) is 115 cm³/mol. The second-order valence-corrected chi connectivity index (χ2v) is 7.77. The SMILES string of the molecule is CC(C)Oc1ccc(C(=O)NC(=S)NNC(=O)c2ccccc2Br)cc1Br. The van der Waals surface area contributed by atoms with E-state index in [9.17, 15) is 9.59 Å². The molecule has 2 rings (SSSR count). The Bertz CT molecular complexity index is 875. The fourth-order valence-electron chi connectivity index (χ4n) is 2.02. The number of rotatable bonds is 4. The van der Waals surface area contributed by atoms with E-state index in [2.05, 4.69) is 48.0 Å². The van der Waals surface area contributed by atoms with Gasteiger partial charge in [0, 0.05) is 10.0 Å². The maximum atomic E-state index is 12.3. The Labute approximate surface area is 179 Å². The van der Waals surface area contributed by atoms with E-state index in [0.717, 1.165) is 0 Å². The van der Waals surface area contributed by atoms with Gasteiger partial charge in [-0.05, 0) is 88.3 Å². The summed E-state index contributed by atoms with van der Waals surface area (Å²) in [6.07, 6.45) is 0.0195. The van der Waals surface area contributed by atoms with Crippen LogP contribution in [-0.2, 0) is 0 Å². The minimum absolute atomic E-state index is 0.0195. The van der Waals surface area contributed by atoms with Crippen LogP contribution in [0.15, 0.2) is 51.4 Å². The molecule has 0 aliphatic rings. The number of amides is 2. The Kier molecular flexibility index (Phi) is 7.76. The van der Waals surface area contributed by atoms with Gasteiger partial charge in [0.2, 0.25) is 0 Å². The Morgan fingerprint density at radius 2 is 1.70 bits per heavy atom. The van der Waals surface area contributed by atoms with E-state index in [1.165, 1.54) is 0 Å². The van der Waals surface area contributed by atoms with E-state index in [4.69, 9.17) is 17.0 Å². The van der Waals surface area contributed by atoms with Gasteiger partial charge in [0.15, 0.2) is 5.11 Å². The highest BCUT2D eigenvalue weighted by molar-refractivity contribution is 9.10. The monoisotopic (exact) mass is 513 g/mol. The summed E-state index contributed by atoms with van der Waals surface area (Å²) in [4.78, 5) is 24.4. The van der Waals surface area contributed by atoms with Crippen molar-refractivity contribution in [1.82, 2.24) is 16.2 Å². The first kappa shape index (κ1) is 21.3. The molecule has 27 heavy (non-hydrogen) atoms. The van der Waals surface area contributed by atoms with Gasteiger partial charge in [-0.25, -0.2) is 0 Å². The van der Waals surface area contributed by atoms with Crippen molar-refractivity contribution in [2.24, 2.45) is 0 Å². The smallest absolute Gasteiger partial charge is 0.270 e. The van der Waals surface area contributed by atoms with Crippen LogP contribution in [0.25, 0.3) is 0 Å². The molecule has 0 atom stereocenters. The van der Waals surface area contributed by atoms with Gasteiger partial charge in [0.1, 0.15) is 5.75 Å². The predicted octanol–water partition coefficient (Wildman–Crippen LogP) is 3.95. The van der Waals surface area contributed by atoms with Gasteiger partial charge in [0.05, 0.1) is 16.1 Å². The summed E-state index contributed by atoms with van der Waals surface area (Å²) in [7, 11) is 0. The summed E-state index contributed by atoms with van der Waals surface area (Å²) >= 11 is 11.7. The molecular formula is C18H17Br2N3O3S. The second kappa shape index (κ2) is 9.82. The van der Waals surface area contributed by atoms with Crippen molar-refractivity contribution in [2.45, 2.75) is 20.0 Å². The average molecular weight is 515 g/mol. The van der Waals surface area contributed by atoms with E-state index in [1.54, 1.807) is 42.5 Å². The third-order valence-corrected chi connectivity index (χ3v) is 4.71. The van der Waals surface area contributed by atoms with E-state index in [0.29, 0.717) is 25.8 Å². The number of carbonyl (C=O) groups excluding carboxylic acids is 2. The molecule has 0 bridgehead atoms. The number of benzene rings is 2. The van der Waals surface area contributed by atoms with Crippen LogP contribution in [0.4, 0.5) is 0 Å². The van der Waals surface area contributed by atoms with Crippen LogP contribution in [0.5, 0.6) is 5.75 Å². The fraction of sp³-hybridized carbons (Fsp3) is 0.167. The van der Waals surface area contributed by atoms with E-state index in [-0.39, 0.29) is 11.2 Å². The zero-order valence-electron chi connectivity index (χ0n) is 14.5. The third-order valence-electron chi connectivity index (χ3n) is 3.19. The molecule has 3 N–H and O–H groups in total. The van der Waals surface area contributed by atoms with Crippen LogP contribution in [0.1, 0.15) is 34.6 Å². The van der Waals surface area contributed by atoms with E-state index < -0.39 is 11.8 Å². The Hall–Kier alpha value is -1.97. The van der Waals surface area contributed by atoms with Crippen molar-refractivity contribution >= 4 is 61.0 Å². The lowest BCUT2D eigenvalue weighted by atomic mass is 10.2. The van der Waals surface area contributed by atoms with E-state index in [1.807, 2.05) is 13.8 Å². The maximum Gasteiger partial charge on any atom is 0.270 e. The van der Waals surface area contributed by atoms with Crippen molar-refractivity contribution < 1.29 is 14.3 Å². The number of ether oxygens (including phenoxy) is 1. The Balaban J connectivity index is 1.92. The van der Waals surface area contributed by atoms with Gasteiger partial charge in [-0.3, -0.25) is 25.8 Å². The normalized spacial score (nSPS) is 10.3. The van der Waals surface area contributed by atoms with Crippen LogP contribution in [0, 0.1) is 0 Å². The van der Waals surface area contributed by atoms with Crippen molar-refractivity contribution in [3.63, 3.8) is 0 Å². The molecule has 0 saturated carbocycles. The topological polar surface area (TPSA) is 79.5 Å². The lowest BCUT2D eigenvalue weighted by Gasteiger charge is -2.13. The zero-order chi connectivity index (χ0) is 20.0. The first-order valence-corrected chi connectivity index (χ1v) is 9.89. The molecule has 0 aromatic heterocycles. The largest absolute Gasteiger partial charge is 0.490 e. The molecule has 6 nitrogen and oxygen atoms in total. The molecule has 2 aromatic carbocycles. The number of hydrogen-bond acceptors (Lipinski definition) is 4. The van der Waals surface area contributed by atoms with Crippen LogP contribution >= 0.6 is 44.1 Å². The lowest BCUT2D eigenvalue weighted by Crippen LogP contribution is -2.48. The highest BCUT2D eigenvalue weighted by Gasteiger charge is 2.13.